The van der Waals surface area contributed by atoms with E-state index in [2.05, 4.69) is 21.2 Å². The van der Waals surface area contributed by atoms with Crippen LogP contribution in [-0.4, -0.2) is 35.4 Å². The van der Waals surface area contributed by atoms with Crippen LogP contribution < -0.4 is 10.1 Å². The van der Waals surface area contributed by atoms with Crippen LogP contribution in [0.2, 0.25) is 0 Å². The molecule has 1 saturated carbocycles. The fourth-order valence-electron chi connectivity index (χ4n) is 4.67. The SMILES string of the molecule is Cc1ccccc1CN(C(=O)COc1ccc2ccccc2c1Br)[C@H](C)C(=O)NC1CCCCC1. The van der Waals surface area contributed by atoms with E-state index in [4.69, 9.17) is 4.74 Å². The van der Waals surface area contributed by atoms with E-state index in [9.17, 15) is 9.59 Å². The molecule has 3 aromatic carbocycles. The molecular weight excluding hydrogens is 504 g/mol. The molecule has 184 valence electrons. The number of halogens is 1. The van der Waals surface area contributed by atoms with E-state index in [1.54, 1.807) is 11.8 Å². The Hall–Kier alpha value is -2.86. The summed E-state index contributed by atoms with van der Waals surface area (Å²) in [5, 5.41) is 5.29. The van der Waals surface area contributed by atoms with Gasteiger partial charge >= 0.3 is 0 Å². The van der Waals surface area contributed by atoms with Crippen molar-refractivity contribution >= 4 is 38.5 Å². The fraction of sp³-hybridized carbons (Fsp3) is 0.379. The lowest BCUT2D eigenvalue weighted by Gasteiger charge is -2.31. The molecule has 6 heteroatoms. The lowest BCUT2D eigenvalue weighted by molar-refractivity contribution is -0.142. The Kier molecular flexibility index (Phi) is 8.45. The molecule has 0 heterocycles. The summed E-state index contributed by atoms with van der Waals surface area (Å²) in [5.41, 5.74) is 2.11. The molecule has 0 spiro atoms. The summed E-state index contributed by atoms with van der Waals surface area (Å²) in [5.74, 6) is 0.275. The summed E-state index contributed by atoms with van der Waals surface area (Å²) in [6.07, 6.45) is 5.51. The topological polar surface area (TPSA) is 58.6 Å². The number of ether oxygens (including phenoxy) is 1. The average molecular weight is 537 g/mol. The number of carbonyl (C=O) groups excluding carboxylic acids is 2. The maximum Gasteiger partial charge on any atom is 0.261 e. The molecular formula is C29H33BrN2O3. The summed E-state index contributed by atoms with van der Waals surface area (Å²) < 4.78 is 6.78. The standard InChI is InChI=1S/C29H33BrN2O3/c1-20-10-6-7-12-23(20)18-32(21(2)29(34)31-24-13-4-3-5-14-24)27(33)19-35-26-17-16-22-11-8-9-15-25(22)28(26)30/h6-12,15-17,21,24H,3-5,13-14,18-19H2,1-2H3,(H,31,34)/t21-/m1/s1. The van der Waals surface area contributed by atoms with Gasteiger partial charge in [-0.05, 0) is 70.6 Å². The molecule has 0 saturated heterocycles. The molecule has 0 aromatic heterocycles. The van der Waals surface area contributed by atoms with Crippen LogP contribution in [0.1, 0.15) is 50.2 Å². The van der Waals surface area contributed by atoms with Crippen LogP contribution in [0.15, 0.2) is 65.1 Å². The van der Waals surface area contributed by atoms with Gasteiger partial charge in [0.2, 0.25) is 5.91 Å². The van der Waals surface area contributed by atoms with Crippen LogP contribution in [0.5, 0.6) is 5.75 Å². The number of nitrogens with zero attached hydrogens (tertiary/aromatic N) is 1. The van der Waals surface area contributed by atoms with E-state index in [-0.39, 0.29) is 24.5 Å². The van der Waals surface area contributed by atoms with E-state index < -0.39 is 6.04 Å². The van der Waals surface area contributed by atoms with Gasteiger partial charge in [0.1, 0.15) is 11.8 Å². The minimum absolute atomic E-state index is 0.106. The molecule has 1 N–H and O–H groups in total. The molecule has 5 nitrogen and oxygen atoms in total. The first-order valence-electron chi connectivity index (χ1n) is 12.4. The maximum atomic E-state index is 13.5. The third kappa shape index (κ3) is 6.23. The molecule has 0 aliphatic heterocycles. The van der Waals surface area contributed by atoms with Gasteiger partial charge in [-0.1, -0.05) is 73.9 Å². The lowest BCUT2D eigenvalue weighted by Crippen LogP contribution is -2.51. The summed E-state index contributed by atoms with van der Waals surface area (Å²) >= 11 is 3.63. The Balaban J connectivity index is 1.50. The molecule has 0 unspecified atom stereocenters. The van der Waals surface area contributed by atoms with Gasteiger partial charge < -0.3 is 15.0 Å². The van der Waals surface area contributed by atoms with Crippen molar-refractivity contribution in [2.24, 2.45) is 0 Å². The quantitative estimate of drug-likeness (QED) is 0.375. The van der Waals surface area contributed by atoms with Crippen molar-refractivity contribution < 1.29 is 14.3 Å². The first-order valence-corrected chi connectivity index (χ1v) is 13.2. The average Bonchev–Trinajstić information content (AvgIpc) is 2.88. The highest BCUT2D eigenvalue weighted by Crippen LogP contribution is 2.33. The van der Waals surface area contributed by atoms with Crippen molar-refractivity contribution in [1.82, 2.24) is 10.2 Å². The molecule has 1 fully saturated rings. The van der Waals surface area contributed by atoms with Crippen molar-refractivity contribution in [3.05, 3.63) is 76.3 Å². The zero-order valence-corrected chi connectivity index (χ0v) is 22.0. The number of carbonyl (C=O) groups is 2. The number of fused-ring (bicyclic) bond motifs is 1. The minimum Gasteiger partial charge on any atom is -0.483 e. The van der Waals surface area contributed by atoms with Crippen LogP contribution in [-0.2, 0) is 16.1 Å². The fourth-order valence-corrected chi connectivity index (χ4v) is 5.28. The number of hydrogen-bond donors (Lipinski definition) is 1. The molecule has 0 radical (unpaired) electrons. The molecule has 3 aromatic rings. The number of nitrogens with one attached hydrogen (secondary N) is 1. The first kappa shape index (κ1) is 25.2. The monoisotopic (exact) mass is 536 g/mol. The molecule has 1 aliphatic rings. The summed E-state index contributed by atoms with van der Waals surface area (Å²) in [6.45, 7) is 4.03. The van der Waals surface area contributed by atoms with Crippen molar-refractivity contribution in [3.63, 3.8) is 0 Å². The highest BCUT2D eigenvalue weighted by molar-refractivity contribution is 9.10. The number of rotatable bonds is 8. The normalized spacial score (nSPS) is 14.9. The predicted molar refractivity (Wildman–Crippen MR) is 143 cm³/mol. The maximum absolute atomic E-state index is 13.5. The van der Waals surface area contributed by atoms with Crippen molar-refractivity contribution in [1.29, 1.82) is 0 Å². The molecule has 4 rings (SSSR count). The van der Waals surface area contributed by atoms with Gasteiger partial charge in [-0.2, -0.15) is 0 Å². The molecule has 0 bridgehead atoms. The Morgan fingerprint density at radius 3 is 2.51 bits per heavy atom. The van der Waals surface area contributed by atoms with Gasteiger partial charge in [0.25, 0.3) is 5.91 Å². The van der Waals surface area contributed by atoms with Gasteiger partial charge in [-0.15, -0.1) is 0 Å². The summed E-state index contributed by atoms with van der Waals surface area (Å²) in [4.78, 5) is 28.2. The minimum atomic E-state index is -0.604. The van der Waals surface area contributed by atoms with Crippen molar-refractivity contribution in [2.45, 2.75) is 64.6 Å². The Morgan fingerprint density at radius 2 is 1.74 bits per heavy atom. The van der Waals surface area contributed by atoms with E-state index in [0.29, 0.717) is 12.3 Å². The molecule has 1 aliphatic carbocycles. The Morgan fingerprint density at radius 1 is 1.03 bits per heavy atom. The second-order valence-corrected chi connectivity index (χ2v) is 10.1. The Labute approximate surface area is 216 Å². The van der Waals surface area contributed by atoms with Crippen LogP contribution in [0.3, 0.4) is 0 Å². The van der Waals surface area contributed by atoms with E-state index in [1.807, 2.05) is 67.6 Å². The number of hydrogen-bond acceptors (Lipinski definition) is 3. The zero-order valence-electron chi connectivity index (χ0n) is 20.4. The van der Waals surface area contributed by atoms with Crippen LogP contribution in [0.4, 0.5) is 0 Å². The Bertz CT molecular complexity index is 1190. The van der Waals surface area contributed by atoms with Crippen molar-refractivity contribution in [2.75, 3.05) is 6.61 Å². The second kappa shape index (κ2) is 11.7. The van der Waals surface area contributed by atoms with Gasteiger partial charge in [0, 0.05) is 12.6 Å². The second-order valence-electron chi connectivity index (χ2n) is 9.36. The van der Waals surface area contributed by atoms with Gasteiger partial charge in [0.05, 0.1) is 4.47 Å². The molecule has 35 heavy (non-hydrogen) atoms. The zero-order chi connectivity index (χ0) is 24.8. The predicted octanol–water partition coefficient (Wildman–Crippen LogP) is 6.16. The van der Waals surface area contributed by atoms with Crippen LogP contribution >= 0.6 is 15.9 Å². The van der Waals surface area contributed by atoms with Gasteiger partial charge in [-0.25, -0.2) is 0 Å². The number of amides is 2. The summed E-state index contributed by atoms with van der Waals surface area (Å²) in [7, 11) is 0. The number of benzene rings is 3. The highest BCUT2D eigenvalue weighted by Gasteiger charge is 2.29. The first-order chi connectivity index (χ1) is 16.9. The molecule has 2 amide bonds. The van der Waals surface area contributed by atoms with E-state index in [1.165, 1.54) is 6.42 Å². The lowest BCUT2D eigenvalue weighted by atomic mass is 9.95. The van der Waals surface area contributed by atoms with Crippen molar-refractivity contribution in [3.8, 4) is 5.75 Å². The van der Waals surface area contributed by atoms with E-state index >= 15 is 0 Å². The van der Waals surface area contributed by atoms with Gasteiger partial charge in [-0.3, -0.25) is 9.59 Å². The third-order valence-corrected chi connectivity index (χ3v) is 7.72. The summed E-state index contributed by atoms with van der Waals surface area (Å²) in [6, 6.07) is 19.4. The van der Waals surface area contributed by atoms with E-state index in [0.717, 1.165) is 52.1 Å². The van der Waals surface area contributed by atoms with Crippen LogP contribution in [0, 0.1) is 6.92 Å². The third-order valence-electron chi connectivity index (χ3n) is 6.90. The smallest absolute Gasteiger partial charge is 0.261 e. The molecule has 1 atom stereocenters. The van der Waals surface area contributed by atoms with Crippen LogP contribution in [0.25, 0.3) is 10.8 Å². The van der Waals surface area contributed by atoms with Gasteiger partial charge in [0.15, 0.2) is 6.61 Å². The highest BCUT2D eigenvalue weighted by atomic mass is 79.9. The number of aryl methyl sites for hydroxylation is 1. The largest absolute Gasteiger partial charge is 0.483 e.